The molecule has 1 aliphatic heterocycles. The Labute approximate surface area is 122 Å². The molecule has 2 aliphatic rings. The second-order valence-electron chi connectivity index (χ2n) is 5.85. The van der Waals surface area contributed by atoms with E-state index in [0.717, 1.165) is 12.8 Å². The number of halogens is 3. The van der Waals surface area contributed by atoms with Crippen molar-refractivity contribution in [3.63, 3.8) is 0 Å². The molecule has 2 fully saturated rings. The zero-order chi connectivity index (χ0) is 15.3. The molecule has 0 spiro atoms. The predicted octanol–water partition coefficient (Wildman–Crippen LogP) is 1.99. The normalized spacial score (nSPS) is 27.8. The van der Waals surface area contributed by atoms with E-state index in [9.17, 15) is 18.0 Å². The number of piperidine rings is 1. The maximum absolute atomic E-state index is 12.5. The first-order valence-corrected chi connectivity index (χ1v) is 7.66. The van der Waals surface area contributed by atoms with Gasteiger partial charge in [-0.25, -0.2) is 0 Å². The van der Waals surface area contributed by atoms with E-state index >= 15 is 0 Å². The van der Waals surface area contributed by atoms with Crippen LogP contribution in [0, 0.1) is 5.92 Å². The molecule has 1 saturated heterocycles. The molecule has 1 amide bonds. The summed E-state index contributed by atoms with van der Waals surface area (Å²) < 4.78 is 43.1. The first-order chi connectivity index (χ1) is 9.97. The minimum Gasteiger partial charge on any atom is -0.376 e. The summed E-state index contributed by atoms with van der Waals surface area (Å²) in [7, 11) is 0. The van der Waals surface area contributed by atoms with E-state index in [1.165, 1.54) is 12.8 Å². The van der Waals surface area contributed by atoms with Crippen molar-refractivity contribution in [1.82, 2.24) is 10.6 Å². The summed E-state index contributed by atoms with van der Waals surface area (Å²) in [6.45, 7) is 0.699. The quantitative estimate of drug-likeness (QED) is 0.764. The van der Waals surface area contributed by atoms with Crippen molar-refractivity contribution in [2.24, 2.45) is 5.92 Å². The molecule has 21 heavy (non-hydrogen) atoms. The molecule has 1 heterocycles. The number of rotatable bonds is 5. The van der Waals surface area contributed by atoms with Crippen molar-refractivity contribution >= 4 is 5.91 Å². The van der Waals surface area contributed by atoms with Crippen molar-refractivity contribution in [3.05, 3.63) is 0 Å². The summed E-state index contributed by atoms with van der Waals surface area (Å²) >= 11 is 0. The average Bonchev–Trinajstić information content (AvgIpc) is 2.96. The molecule has 2 atom stereocenters. The molecule has 122 valence electrons. The third-order valence-electron chi connectivity index (χ3n) is 4.25. The van der Waals surface area contributed by atoms with Crippen molar-refractivity contribution < 1.29 is 22.7 Å². The van der Waals surface area contributed by atoms with Gasteiger partial charge in [0.1, 0.15) is 0 Å². The number of hydrogen-bond acceptors (Lipinski definition) is 3. The molecule has 0 bridgehead atoms. The van der Waals surface area contributed by atoms with E-state index in [2.05, 4.69) is 10.6 Å². The monoisotopic (exact) mass is 308 g/mol. The molecule has 0 aromatic heterocycles. The predicted molar refractivity (Wildman–Crippen MR) is 71.8 cm³/mol. The average molecular weight is 308 g/mol. The van der Waals surface area contributed by atoms with Crippen LogP contribution in [0.3, 0.4) is 0 Å². The molecule has 7 heteroatoms. The standard InChI is InChI=1S/C14H23F3N2O2/c15-14(16,17)10-5-6-12(19-9-10)13(20)18-7-8-21-11-3-1-2-4-11/h10-12,19H,1-9H2,(H,18,20). The minimum atomic E-state index is -4.18. The van der Waals surface area contributed by atoms with Gasteiger partial charge in [0.2, 0.25) is 5.91 Å². The number of hydrogen-bond donors (Lipinski definition) is 2. The smallest absolute Gasteiger partial charge is 0.376 e. The molecule has 4 nitrogen and oxygen atoms in total. The molecule has 2 unspecified atom stereocenters. The van der Waals surface area contributed by atoms with E-state index in [1.54, 1.807) is 0 Å². The topological polar surface area (TPSA) is 50.4 Å². The molecule has 0 radical (unpaired) electrons. The second-order valence-corrected chi connectivity index (χ2v) is 5.85. The Morgan fingerprint density at radius 1 is 1.19 bits per heavy atom. The molecule has 1 saturated carbocycles. The van der Waals surface area contributed by atoms with Gasteiger partial charge in [-0.3, -0.25) is 4.79 Å². The third-order valence-corrected chi connectivity index (χ3v) is 4.25. The minimum absolute atomic E-state index is 0.00710. The van der Waals surface area contributed by atoms with Crippen LogP contribution in [0.1, 0.15) is 38.5 Å². The van der Waals surface area contributed by atoms with Crippen LogP contribution in [0.5, 0.6) is 0 Å². The Morgan fingerprint density at radius 3 is 2.48 bits per heavy atom. The lowest BCUT2D eigenvalue weighted by atomic mass is 9.94. The Balaban J connectivity index is 1.59. The van der Waals surface area contributed by atoms with Gasteiger partial charge < -0.3 is 15.4 Å². The third kappa shape index (κ3) is 5.14. The van der Waals surface area contributed by atoms with Crippen molar-refractivity contribution in [2.45, 2.75) is 56.8 Å². The van der Waals surface area contributed by atoms with Crippen molar-refractivity contribution in [2.75, 3.05) is 19.7 Å². The molecule has 0 aromatic carbocycles. The van der Waals surface area contributed by atoms with Gasteiger partial charge in [-0.2, -0.15) is 13.2 Å². The summed E-state index contributed by atoms with van der Waals surface area (Å²) in [6, 6.07) is -0.518. The van der Waals surface area contributed by atoms with Gasteiger partial charge in [0.25, 0.3) is 0 Å². The molecule has 1 aliphatic carbocycles. The van der Waals surface area contributed by atoms with Crippen molar-refractivity contribution in [1.29, 1.82) is 0 Å². The molecule has 0 aromatic rings. The van der Waals surface area contributed by atoms with Gasteiger partial charge in [-0.15, -0.1) is 0 Å². The highest BCUT2D eigenvalue weighted by atomic mass is 19.4. The fraction of sp³-hybridized carbons (Fsp3) is 0.929. The van der Waals surface area contributed by atoms with Gasteiger partial charge in [0.05, 0.1) is 24.7 Å². The largest absolute Gasteiger partial charge is 0.393 e. The zero-order valence-electron chi connectivity index (χ0n) is 12.0. The maximum Gasteiger partial charge on any atom is 0.393 e. The molecule has 2 rings (SSSR count). The first-order valence-electron chi connectivity index (χ1n) is 7.66. The molecule has 2 N–H and O–H groups in total. The van der Waals surface area contributed by atoms with E-state index in [1.807, 2.05) is 0 Å². The van der Waals surface area contributed by atoms with E-state index in [-0.39, 0.29) is 25.3 Å². The van der Waals surface area contributed by atoms with Crippen LogP contribution in [-0.4, -0.2) is 43.9 Å². The number of amides is 1. The highest BCUT2D eigenvalue weighted by molar-refractivity contribution is 5.81. The fourth-order valence-corrected chi connectivity index (χ4v) is 2.94. The molecular formula is C14H23F3N2O2. The SMILES string of the molecule is O=C(NCCOC1CCCC1)C1CCC(C(F)(F)F)CN1. The lowest BCUT2D eigenvalue weighted by Crippen LogP contribution is -2.51. The van der Waals surface area contributed by atoms with Crippen LogP contribution < -0.4 is 10.6 Å². The van der Waals surface area contributed by atoms with Crippen LogP contribution in [0.4, 0.5) is 13.2 Å². The maximum atomic E-state index is 12.5. The Kier molecular flexibility index (Phi) is 5.87. The van der Waals surface area contributed by atoms with Crippen LogP contribution in [-0.2, 0) is 9.53 Å². The Bertz CT molecular complexity index is 336. The Morgan fingerprint density at radius 2 is 1.90 bits per heavy atom. The van der Waals surface area contributed by atoms with E-state index in [4.69, 9.17) is 4.74 Å². The van der Waals surface area contributed by atoms with Gasteiger partial charge >= 0.3 is 6.18 Å². The lowest BCUT2D eigenvalue weighted by Gasteiger charge is -2.30. The highest BCUT2D eigenvalue weighted by Crippen LogP contribution is 2.31. The zero-order valence-corrected chi connectivity index (χ0v) is 12.0. The first kappa shape index (κ1) is 16.5. The van der Waals surface area contributed by atoms with E-state index in [0.29, 0.717) is 19.3 Å². The van der Waals surface area contributed by atoms with Crippen molar-refractivity contribution in [3.8, 4) is 0 Å². The van der Waals surface area contributed by atoms with Gasteiger partial charge in [-0.05, 0) is 25.7 Å². The van der Waals surface area contributed by atoms with Crippen LogP contribution in [0.15, 0.2) is 0 Å². The lowest BCUT2D eigenvalue weighted by molar-refractivity contribution is -0.180. The van der Waals surface area contributed by atoms with Gasteiger partial charge in [-0.1, -0.05) is 12.8 Å². The summed E-state index contributed by atoms with van der Waals surface area (Å²) in [6.07, 6.45) is 0.916. The Hall–Kier alpha value is -0.820. The number of nitrogens with one attached hydrogen (secondary N) is 2. The van der Waals surface area contributed by atoms with Gasteiger partial charge in [0.15, 0.2) is 0 Å². The number of carbonyl (C=O) groups excluding carboxylic acids is 1. The van der Waals surface area contributed by atoms with Gasteiger partial charge in [0, 0.05) is 13.1 Å². The summed E-state index contributed by atoms with van der Waals surface area (Å²) in [4.78, 5) is 11.8. The number of alkyl halides is 3. The molecular weight excluding hydrogens is 285 g/mol. The van der Waals surface area contributed by atoms with E-state index < -0.39 is 18.1 Å². The fourth-order valence-electron chi connectivity index (χ4n) is 2.94. The van der Waals surface area contributed by atoms with Crippen LogP contribution >= 0.6 is 0 Å². The number of carbonyl (C=O) groups is 1. The van der Waals surface area contributed by atoms with Crippen LogP contribution in [0.25, 0.3) is 0 Å². The summed E-state index contributed by atoms with van der Waals surface area (Å²) in [5.74, 6) is -1.57. The summed E-state index contributed by atoms with van der Waals surface area (Å²) in [5.41, 5.74) is 0. The number of ether oxygens (including phenoxy) is 1. The second kappa shape index (κ2) is 7.45. The highest BCUT2D eigenvalue weighted by Gasteiger charge is 2.42. The summed E-state index contributed by atoms with van der Waals surface area (Å²) in [5, 5.41) is 5.41. The van der Waals surface area contributed by atoms with Crippen LogP contribution in [0.2, 0.25) is 0 Å².